The first-order valence-corrected chi connectivity index (χ1v) is 12.7. The van der Waals surface area contributed by atoms with Gasteiger partial charge in [-0.05, 0) is 49.0 Å². The average molecular weight is 503 g/mol. The molecule has 1 saturated carbocycles. The summed E-state index contributed by atoms with van der Waals surface area (Å²) >= 11 is 0. The summed E-state index contributed by atoms with van der Waals surface area (Å²) in [7, 11) is 0. The molecule has 2 aliphatic rings. The molecule has 1 heterocycles. The van der Waals surface area contributed by atoms with E-state index in [2.05, 4.69) is 16.1 Å². The maximum atomic E-state index is 13.2. The van der Waals surface area contributed by atoms with E-state index in [9.17, 15) is 19.2 Å². The van der Waals surface area contributed by atoms with Crippen LogP contribution in [-0.4, -0.2) is 53.7 Å². The number of hydrogen-bond donors (Lipinski definition) is 3. The van der Waals surface area contributed by atoms with E-state index >= 15 is 0 Å². The van der Waals surface area contributed by atoms with Gasteiger partial charge in [-0.25, -0.2) is 14.6 Å². The van der Waals surface area contributed by atoms with Crippen molar-refractivity contribution in [1.82, 2.24) is 21.1 Å². The molecule has 198 valence electrons. The number of nitrogens with zero attached hydrogens (tertiary/aromatic N) is 1. The number of ether oxygens (including phenoxy) is 2. The van der Waals surface area contributed by atoms with E-state index in [1.54, 1.807) is 0 Å². The first-order valence-electron chi connectivity index (χ1n) is 12.7. The zero-order chi connectivity index (χ0) is 26.2. The van der Waals surface area contributed by atoms with Gasteiger partial charge in [-0.3, -0.25) is 9.59 Å². The number of hydrazine groups is 1. The number of rotatable bonds is 13. The van der Waals surface area contributed by atoms with Crippen LogP contribution < -0.4 is 16.1 Å². The number of cyclic esters (lactones) is 1. The third-order valence-electron chi connectivity index (χ3n) is 6.00. The summed E-state index contributed by atoms with van der Waals surface area (Å²) in [6, 6.07) is 7.46. The van der Waals surface area contributed by atoms with Crippen LogP contribution >= 0.6 is 0 Å². The van der Waals surface area contributed by atoms with E-state index in [-0.39, 0.29) is 18.4 Å². The largest absolute Gasteiger partial charge is 0.445 e. The van der Waals surface area contributed by atoms with Crippen LogP contribution in [0.4, 0.5) is 9.59 Å². The van der Waals surface area contributed by atoms with E-state index in [0.717, 1.165) is 18.4 Å². The van der Waals surface area contributed by atoms with E-state index in [4.69, 9.17) is 9.47 Å². The van der Waals surface area contributed by atoms with Gasteiger partial charge in [-0.1, -0.05) is 58.0 Å². The molecule has 36 heavy (non-hydrogen) atoms. The lowest BCUT2D eigenvalue weighted by Gasteiger charge is -2.25. The van der Waals surface area contributed by atoms with Crippen molar-refractivity contribution < 1.29 is 28.7 Å². The lowest BCUT2D eigenvalue weighted by molar-refractivity contribution is -0.134. The molecule has 10 heteroatoms. The van der Waals surface area contributed by atoms with Gasteiger partial charge in [0.2, 0.25) is 17.9 Å². The maximum absolute atomic E-state index is 13.2. The van der Waals surface area contributed by atoms with Crippen molar-refractivity contribution >= 4 is 23.9 Å². The van der Waals surface area contributed by atoms with Crippen molar-refractivity contribution in [3.8, 4) is 0 Å². The Labute approximate surface area is 212 Å². The highest BCUT2D eigenvalue weighted by molar-refractivity contribution is 5.95. The number of ketones is 1. The molecule has 0 spiro atoms. The topological polar surface area (TPSA) is 126 Å². The molecule has 3 amide bonds. The normalized spacial score (nSPS) is 19.1. The first-order chi connectivity index (χ1) is 17.1. The number of Topliss-reactive ketones (excluding diaryl/α,β-unsaturated/α-hetero) is 1. The summed E-state index contributed by atoms with van der Waals surface area (Å²) in [5, 5.41) is 6.75. The number of alkyl carbamates (subject to hydrolysis) is 1. The summed E-state index contributed by atoms with van der Waals surface area (Å²) in [6.45, 7) is 8.31. The predicted molar refractivity (Wildman–Crippen MR) is 132 cm³/mol. The van der Waals surface area contributed by atoms with E-state index < -0.39 is 42.2 Å². The van der Waals surface area contributed by atoms with Gasteiger partial charge in [-0.2, -0.15) is 5.43 Å². The number of benzene rings is 1. The smallest absolute Gasteiger partial charge is 0.426 e. The Kier molecular flexibility index (Phi) is 9.69. The van der Waals surface area contributed by atoms with Crippen molar-refractivity contribution in [2.45, 2.75) is 78.3 Å². The predicted octanol–water partition coefficient (Wildman–Crippen LogP) is 3.12. The Morgan fingerprint density at radius 3 is 2.28 bits per heavy atom. The fraction of sp³-hybridized carbons (Fsp3) is 0.615. The fourth-order valence-corrected chi connectivity index (χ4v) is 3.98. The highest BCUT2D eigenvalue weighted by atomic mass is 16.6. The van der Waals surface area contributed by atoms with Crippen LogP contribution in [0.2, 0.25) is 0 Å². The lowest BCUT2D eigenvalue weighted by Crippen LogP contribution is -2.55. The summed E-state index contributed by atoms with van der Waals surface area (Å²) in [4.78, 5) is 51.1. The van der Waals surface area contributed by atoms with Crippen molar-refractivity contribution in [1.29, 1.82) is 0 Å². The van der Waals surface area contributed by atoms with Crippen LogP contribution in [0.5, 0.6) is 0 Å². The number of carbonyl (C=O) groups is 4. The van der Waals surface area contributed by atoms with Crippen molar-refractivity contribution in [2.24, 2.45) is 17.8 Å². The molecule has 1 unspecified atom stereocenters. The van der Waals surface area contributed by atoms with Crippen LogP contribution in [0.15, 0.2) is 30.3 Å². The number of hydrogen-bond acceptors (Lipinski definition) is 7. The zero-order valence-corrected chi connectivity index (χ0v) is 21.5. The summed E-state index contributed by atoms with van der Waals surface area (Å²) in [6.07, 6.45) is 0.357. The van der Waals surface area contributed by atoms with E-state index in [0.29, 0.717) is 25.3 Å². The molecule has 10 nitrogen and oxygen atoms in total. The Morgan fingerprint density at radius 2 is 1.67 bits per heavy atom. The van der Waals surface area contributed by atoms with Crippen molar-refractivity contribution in [2.75, 3.05) is 6.54 Å². The van der Waals surface area contributed by atoms with Gasteiger partial charge in [0, 0.05) is 6.54 Å². The Bertz CT molecular complexity index is 918. The van der Waals surface area contributed by atoms with Crippen molar-refractivity contribution in [3.63, 3.8) is 0 Å². The quantitative estimate of drug-likeness (QED) is 0.378. The minimum absolute atomic E-state index is 0.0766. The maximum Gasteiger partial charge on any atom is 0.426 e. The van der Waals surface area contributed by atoms with Crippen LogP contribution in [0.1, 0.15) is 58.9 Å². The Morgan fingerprint density at radius 1 is 1.03 bits per heavy atom. The summed E-state index contributed by atoms with van der Waals surface area (Å²) in [5.74, 6) is -0.305. The molecule has 3 rings (SSSR count). The standard InChI is InChI=1S/C26H38N4O6/c1-16(2)12-20(22(31)24-29-30(26(34)36-24)14-18-10-11-18)27-23(32)21(13-17(3)4)28-25(33)35-15-19-8-6-5-7-9-19/h5-9,16-18,20-21,24,29H,10-15H2,1-4H3,(H,27,32)(H,28,33)/t20-,21-,24?/m0/s1. The van der Waals surface area contributed by atoms with Crippen LogP contribution in [0.25, 0.3) is 0 Å². The third-order valence-corrected chi connectivity index (χ3v) is 6.00. The molecule has 3 N–H and O–H groups in total. The number of amides is 3. The molecule has 1 saturated heterocycles. The second-order valence-corrected chi connectivity index (χ2v) is 10.4. The molecule has 1 aliphatic carbocycles. The van der Waals surface area contributed by atoms with Gasteiger partial charge in [0.1, 0.15) is 12.6 Å². The molecular formula is C26H38N4O6. The second kappa shape index (κ2) is 12.7. The van der Waals surface area contributed by atoms with Gasteiger partial charge in [-0.15, -0.1) is 0 Å². The third kappa shape index (κ3) is 8.51. The van der Waals surface area contributed by atoms with Gasteiger partial charge >= 0.3 is 12.2 Å². The molecular weight excluding hydrogens is 464 g/mol. The molecule has 0 bridgehead atoms. The summed E-state index contributed by atoms with van der Waals surface area (Å²) < 4.78 is 10.5. The SMILES string of the molecule is CC(C)C[C@H](NC(=O)OCc1ccccc1)C(=O)N[C@@H](CC(C)C)C(=O)C1NN(CC2CC2)C(=O)O1. The fourth-order valence-electron chi connectivity index (χ4n) is 3.98. The van der Waals surface area contributed by atoms with Crippen LogP contribution in [0.3, 0.4) is 0 Å². The number of nitrogens with one attached hydrogen (secondary N) is 3. The van der Waals surface area contributed by atoms with Crippen LogP contribution in [-0.2, 0) is 25.7 Å². The van der Waals surface area contributed by atoms with E-state index in [1.165, 1.54) is 5.01 Å². The minimum atomic E-state index is -1.16. The van der Waals surface area contributed by atoms with E-state index in [1.807, 2.05) is 58.0 Å². The first kappa shape index (κ1) is 27.4. The monoisotopic (exact) mass is 502 g/mol. The van der Waals surface area contributed by atoms with Gasteiger partial charge in [0.25, 0.3) is 0 Å². The molecule has 0 radical (unpaired) electrons. The minimum Gasteiger partial charge on any atom is -0.445 e. The molecule has 1 aromatic carbocycles. The number of carbonyl (C=O) groups excluding carboxylic acids is 4. The van der Waals surface area contributed by atoms with Crippen molar-refractivity contribution in [3.05, 3.63) is 35.9 Å². The molecule has 1 aromatic rings. The Hall–Kier alpha value is -3.14. The molecule has 2 fully saturated rings. The van der Waals surface area contributed by atoms with Crippen LogP contribution in [0, 0.1) is 17.8 Å². The second-order valence-electron chi connectivity index (χ2n) is 10.4. The zero-order valence-electron chi connectivity index (χ0n) is 21.5. The molecule has 3 atom stereocenters. The van der Waals surface area contributed by atoms with Gasteiger partial charge < -0.3 is 20.1 Å². The highest BCUT2D eigenvalue weighted by Gasteiger charge is 2.41. The molecule has 1 aliphatic heterocycles. The summed E-state index contributed by atoms with van der Waals surface area (Å²) in [5.41, 5.74) is 3.66. The highest BCUT2D eigenvalue weighted by Crippen LogP contribution is 2.30. The molecule has 0 aromatic heterocycles. The van der Waals surface area contributed by atoms with Gasteiger partial charge in [0.15, 0.2) is 0 Å². The van der Waals surface area contributed by atoms with Gasteiger partial charge in [0.05, 0.1) is 6.04 Å². The average Bonchev–Trinajstić information content (AvgIpc) is 3.57. The lowest BCUT2D eigenvalue weighted by atomic mass is 9.97. The Balaban J connectivity index is 1.61.